The van der Waals surface area contributed by atoms with Crippen LogP contribution in [-0.2, 0) is 0 Å². The van der Waals surface area contributed by atoms with Crippen LogP contribution in [0.25, 0.3) is 21.9 Å². The molecule has 0 atom stereocenters. The Morgan fingerprint density at radius 1 is 0.643 bits per heavy atom. The van der Waals surface area contributed by atoms with Gasteiger partial charge in [-0.15, -0.1) is 0 Å². The van der Waals surface area contributed by atoms with Gasteiger partial charge in [-0.05, 0) is 24.3 Å². The van der Waals surface area contributed by atoms with Crippen LogP contribution >= 0.6 is 0 Å². The minimum absolute atomic E-state index is 0.285. The van der Waals surface area contributed by atoms with Gasteiger partial charge in [0.05, 0.1) is 10.8 Å². The van der Waals surface area contributed by atoms with E-state index in [-0.39, 0.29) is 21.9 Å². The number of hydrogen-bond acceptors (Lipinski definition) is 6. The van der Waals surface area contributed by atoms with Crippen LogP contribution in [0.4, 0.5) is 0 Å². The molecule has 0 aliphatic carbocycles. The number of para-hydroxylation sites is 2. The van der Waals surface area contributed by atoms with Gasteiger partial charge in [0.25, 0.3) is 0 Å². The molecule has 0 saturated carbocycles. The minimum atomic E-state index is -1.27. The van der Waals surface area contributed by atoms with Gasteiger partial charge in [-0.1, -0.05) is 24.3 Å². The Morgan fingerprint density at radius 2 is 1.00 bits per heavy atom. The topological polar surface area (TPSA) is 135 Å². The molecule has 0 aliphatic rings. The van der Waals surface area contributed by atoms with Crippen LogP contribution in [0.2, 0.25) is 0 Å². The Bertz CT molecular complexity index is 1210. The van der Waals surface area contributed by atoms with Gasteiger partial charge in [-0.2, -0.15) is 0 Å². The molecule has 0 fully saturated rings. The predicted molar refractivity (Wildman–Crippen MR) is 98.9 cm³/mol. The van der Waals surface area contributed by atoms with Crippen LogP contribution in [0.5, 0.6) is 0 Å². The fourth-order valence-corrected chi connectivity index (χ4v) is 2.45. The van der Waals surface area contributed by atoms with E-state index >= 15 is 0 Å². The maximum atomic E-state index is 11.5. The first kappa shape index (κ1) is 18.6. The van der Waals surface area contributed by atoms with Crippen LogP contribution in [0.3, 0.4) is 0 Å². The lowest BCUT2D eigenvalue weighted by Crippen LogP contribution is -2.13. The lowest BCUT2D eigenvalue weighted by atomic mass is 10.2. The Labute approximate surface area is 155 Å². The van der Waals surface area contributed by atoms with Crippen LogP contribution in [0.1, 0.15) is 20.7 Å². The molecule has 28 heavy (non-hydrogen) atoms. The van der Waals surface area contributed by atoms with Gasteiger partial charge >= 0.3 is 11.9 Å². The lowest BCUT2D eigenvalue weighted by Gasteiger charge is -1.96. The van der Waals surface area contributed by atoms with Crippen molar-refractivity contribution < 1.29 is 28.6 Å². The first-order chi connectivity index (χ1) is 13.4. The van der Waals surface area contributed by atoms with Gasteiger partial charge in [0, 0.05) is 0 Å². The molecule has 2 aromatic carbocycles. The van der Waals surface area contributed by atoms with Crippen molar-refractivity contribution in [3.05, 3.63) is 92.6 Å². The average Bonchev–Trinajstić information content (AvgIpc) is 2.69. The Balaban J connectivity index is 0.000000161. The average molecular weight is 380 g/mol. The second kappa shape index (κ2) is 7.58. The van der Waals surface area contributed by atoms with Gasteiger partial charge in [-0.3, -0.25) is 9.59 Å². The summed E-state index contributed by atoms with van der Waals surface area (Å²) in [5.41, 5.74) is -0.934. The second-order valence-corrected chi connectivity index (χ2v) is 5.56. The van der Waals surface area contributed by atoms with Gasteiger partial charge in [0.2, 0.25) is 10.9 Å². The Hall–Kier alpha value is -4.20. The van der Waals surface area contributed by atoms with Crippen molar-refractivity contribution in [2.24, 2.45) is 0 Å². The summed E-state index contributed by atoms with van der Waals surface area (Å²) in [4.78, 5) is 44.3. The molecule has 0 aliphatic heterocycles. The lowest BCUT2D eigenvalue weighted by molar-refractivity contribution is 0.0682. The third-order valence-electron chi connectivity index (χ3n) is 3.82. The first-order valence-corrected chi connectivity index (χ1v) is 7.88. The van der Waals surface area contributed by atoms with Crippen molar-refractivity contribution in [1.29, 1.82) is 0 Å². The van der Waals surface area contributed by atoms with Gasteiger partial charge in [0.15, 0.2) is 0 Å². The molecule has 0 unspecified atom stereocenters. The number of carbonyl (C=O) groups is 2. The normalized spacial score (nSPS) is 10.3. The molecule has 140 valence electrons. The zero-order valence-electron chi connectivity index (χ0n) is 14.1. The van der Waals surface area contributed by atoms with Crippen molar-refractivity contribution in [2.75, 3.05) is 0 Å². The van der Waals surface area contributed by atoms with E-state index in [1.807, 2.05) is 0 Å². The molecule has 4 rings (SSSR count). The third-order valence-corrected chi connectivity index (χ3v) is 3.82. The van der Waals surface area contributed by atoms with Gasteiger partial charge in [-0.25, -0.2) is 9.59 Å². The van der Waals surface area contributed by atoms with Crippen LogP contribution in [0.15, 0.2) is 79.5 Å². The number of rotatable bonds is 2. The summed E-state index contributed by atoms with van der Waals surface area (Å²) < 4.78 is 10.0. The van der Waals surface area contributed by atoms with Crippen LogP contribution in [-0.4, -0.2) is 22.2 Å². The summed E-state index contributed by atoms with van der Waals surface area (Å²) in [6, 6.07) is 13.0. The maximum absolute atomic E-state index is 11.5. The number of hydrogen-bond donors (Lipinski definition) is 2. The Morgan fingerprint density at radius 3 is 1.36 bits per heavy atom. The van der Waals surface area contributed by atoms with Gasteiger partial charge < -0.3 is 19.0 Å². The molecule has 0 spiro atoms. The van der Waals surface area contributed by atoms with Crippen molar-refractivity contribution in [3.8, 4) is 0 Å². The third kappa shape index (κ3) is 3.51. The summed E-state index contributed by atoms with van der Waals surface area (Å²) in [7, 11) is 0. The fraction of sp³-hybridized carbons (Fsp3) is 0. The molecule has 0 amide bonds. The largest absolute Gasteiger partial charge is 0.477 e. The van der Waals surface area contributed by atoms with Gasteiger partial charge in [0.1, 0.15) is 34.8 Å². The predicted octanol–water partition coefficient (Wildman–Crippen LogP) is 2.98. The van der Waals surface area contributed by atoms with E-state index in [1.165, 1.54) is 12.1 Å². The second-order valence-electron chi connectivity index (χ2n) is 5.56. The van der Waals surface area contributed by atoms with E-state index in [4.69, 9.17) is 19.0 Å². The molecule has 0 bridgehead atoms. The zero-order valence-corrected chi connectivity index (χ0v) is 14.1. The Kier molecular flexibility index (Phi) is 5.03. The van der Waals surface area contributed by atoms with E-state index in [2.05, 4.69) is 0 Å². The molecular formula is C20H12O8. The maximum Gasteiger partial charge on any atom is 0.342 e. The molecule has 0 radical (unpaired) electrons. The standard InChI is InChI=1S/2C10H6O4/c2*11-9-6-3-1-2-4-8(6)14-5-7(9)10(12)13/h2*1-5H,(H,12,13). The summed E-state index contributed by atoms with van der Waals surface area (Å²) in [5, 5.41) is 17.9. The van der Waals surface area contributed by atoms with E-state index in [9.17, 15) is 19.2 Å². The van der Waals surface area contributed by atoms with Crippen molar-refractivity contribution in [1.82, 2.24) is 0 Å². The highest BCUT2D eigenvalue weighted by Gasteiger charge is 2.12. The number of carboxylic acids is 2. The molecule has 0 saturated heterocycles. The van der Waals surface area contributed by atoms with Crippen LogP contribution in [0, 0.1) is 0 Å². The molecule has 8 heteroatoms. The van der Waals surface area contributed by atoms with E-state index in [1.54, 1.807) is 36.4 Å². The van der Waals surface area contributed by atoms with Crippen LogP contribution < -0.4 is 10.9 Å². The molecule has 2 aromatic heterocycles. The first-order valence-electron chi connectivity index (χ1n) is 7.88. The van der Waals surface area contributed by atoms with Crippen molar-refractivity contribution in [2.45, 2.75) is 0 Å². The smallest absolute Gasteiger partial charge is 0.342 e. The SMILES string of the molecule is O=C(O)c1coc2ccccc2c1=O.O=C(O)c1coc2ccccc2c1=O. The fourth-order valence-electron chi connectivity index (χ4n) is 2.45. The summed E-state index contributed by atoms with van der Waals surface area (Å²) >= 11 is 0. The minimum Gasteiger partial charge on any atom is -0.477 e. The molecule has 2 N–H and O–H groups in total. The summed E-state index contributed by atoms with van der Waals surface area (Å²) in [6.45, 7) is 0. The molecule has 4 aromatic rings. The molecule has 8 nitrogen and oxygen atoms in total. The van der Waals surface area contributed by atoms with Crippen molar-refractivity contribution >= 4 is 33.9 Å². The number of aromatic carboxylic acids is 2. The van der Waals surface area contributed by atoms with E-state index < -0.39 is 22.8 Å². The van der Waals surface area contributed by atoms with Crippen molar-refractivity contribution in [3.63, 3.8) is 0 Å². The molecular weight excluding hydrogens is 368 g/mol. The zero-order chi connectivity index (χ0) is 20.3. The van der Waals surface area contributed by atoms with E-state index in [0.717, 1.165) is 12.5 Å². The highest BCUT2D eigenvalue weighted by molar-refractivity contribution is 5.92. The molecule has 2 heterocycles. The monoisotopic (exact) mass is 380 g/mol. The highest BCUT2D eigenvalue weighted by atomic mass is 16.4. The number of carboxylic acid groups (broad SMARTS) is 2. The number of benzene rings is 2. The summed E-state index contributed by atoms with van der Waals surface area (Å²) in [6.07, 6.45) is 1.93. The summed E-state index contributed by atoms with van der Waals surface area (Å²) in [5.74, 6) is -2.55. The quantitative estimate of drug-likeness (QED) is 0.542. The van der Waals surface area contributed by atoms with E-state index in [0.29, 0.717) is 11.2 Å². The number of fused-ring (bicyclic) bond motifs is 2. The highest BCUT2D eigenvalue weighted by Crippen LogP contribution is 2.11.